The second kappa shape index (κ2) is 7.49. The van der Waals surface area contributed by atoms with Crippen LogP contribution in [0.25, 0.3) is 11.0 Å². The Hall–Kier alpha value is -2.99. The monoisotopic (exact) mass is 355 g/mol. The summed E-state index contributed by atoms with van der Waals surface area (Å²) in [5.74, 6) is 1.33. The molecule has 0 fully saturated rings. The minimum atomic E-state index is -1.32. The summed E-state index contributed by atoms with van der Waals surface area (Å²) in [6, 6.07) is 16.2. The predicted octanol–water partition coefficient (Wildman–Crippen LogP) is 2.84. The van der Waals surface area contributed by atoms with E-state index in [9.17, 15) is 9.90 Å². The van der Waals surface area contributed by atoms with E-state index in [1.54, 1.807) is 44.4 Å². The number of fused-ring (bicyclic) bond motifs is 1. The Morgan fingerprint density at radius 3 is 2.54 bits per heavy atom. The maximum Gasteiger partial charge on any atom is 0.258 e. The maximum absolute atomic E-state index is 12.0. The van der Waals surface area contributed by atoms with Gasteiger partial charge in [0.1, 0.15) is 28.4 Å². The van der Waals surface area contributed by atoms with Gasteiger partial charge in [-0.05, 0) is 43.3 Å². The molecule has 3 rings (SSSR count). The fourth-order valence-corrected chi connectivity index (χ4v) is 2.48. The first-order valence-corrected chi connectivity index (χ1v) is 8.23. The average molecular weight is 355 g/mol. The molecule has 0 aliphatic rings. The quantitative estimate of drug-likeness (QED) is 0.681. The zero-order chi connectivity index (χ0) is 18.6. The van der Waals surface area contributed by atoms with Gasteiger partial charge in [0.15, 0.2) is 6.61 Å². The Morgan fingerprint density at radius 1 is 1.15 bits per heavy atom. The standard InChI is InChI=1S/C20H21NO5/c1-20(23,18-11-14-5-3-4-6-17(14)26-18)13-21-19(22)12-25-16-9-7-15(24-2)8-10-16/h3-11,23H,12-13H2,1-2H3,(H,21,22). The number of hydrogen-bond donors (Lipinski definition) is 2. The number of aliphatic hydroxyl groups is 1. The smallest absolute Gasteiger partial charge is 0.258 e. The summed E-state index contributed by atoms with van der Waals surface area (Å²) in [6.07, 6.45) is 0. The van der Waals surface area contributed by atoms with Gasteiger partial charge in [-0.3, -0.25) is 4.79 Å². The largest absolute Gasteiger partial charge is 0.497 e. The normalized spacial score (nSPS) is 13.2. The van der Waals surface area contributed by atoms with Crippen LogP contribution in [0.4, 0.5) is 0 Å². The molecule has 0 spiro atoms. The number of ether oxygens (including phenoxy) is 2. The predicted molar refractivity (Wildman–Crippen MR) is 97.3 cm³/mol. The van der Waals surface area contributed by atoms with Crippen molar-refractivity contribution in [3.05, 3.63) is 60.4 Å². The topological polar surface area (TPSA) is 80.9 Å². The summed E-state index contributed by atoms with van der Waals surface area (Å²) < 4.78 is 16.1. The molecule has 6 nitrogen and oxygen atoms in total. The molecule has 0 aliphatic carbocycles. The van der Waals surface area contributed by atoms with E-state index in [1.807, 2.05) is 24.3 Å². The molecular formula is C20H21NO5. The van der Waals surface area contributed by atoms with Crippen molar-refractivity contribution >= 4 is 16.9 Å². The second-order valence-corrected chi connectivity index (χ2v) is 6.16. The number of furan rings is 1. The lowest BCUT2D eigenvalue weighted by Gasteiger charge is -2.21. The third-order valence-electron chi connectivity index (χ3n) is 4.02. The Labute approximate surface area is 151 Å². The molecule has 1 aromatic heterocycles. The summed E-state index contributed by atoms with van der Waals surface area (Å²) in [7, 11) is 1.58. The second-order valence-electron chi connectivity index (χ2n) is 6.16. The zero-order valence-corrected chi connectivity index (χ0v) is 14.7. The average Bonchev–Trinajstić information content (AvgIpc) is 3.10. The van der Waals surface area contributed by atoms with Crippen LogP contribution in [0.5, 0.6) is 11.5 Å². The van der Waals surface area contributed by atoms with Gasteiger partial charge in [-0.1, -0.05) is 18.2 Å². The third-order valence-corrected chi connectivity index (χ3v) is 4.02. The first-order valence-electron chi connectivity index (χ1n) is 8.23. The van der Waals surface area contributed by atoms with E-state index < -0.39 is 5.60 Å². The summed E-state index contributed by atoms with van der Waals surface area (Å²) in [5.41, 5.74) is -0.633. The molecule has 0 saturated carbocycles. The summed E-state index contributed by atoms with van der Waals surface area (Å²) in [5, 5.41) is 14.2. The Kier molecular flexibility index (Phi) is 5.14. The van der Waals surface area contributed by atoms with Crippen molar-refractivity contribution in [3.8, 4) is 11.5 Å². The van der Waals surface area contributed by atoms with Gasteiger partial charge in [0.25, 0.3) is 5.91 Å². The lowest BCUT2D eigenvalue weighted by molar-refractivity contribution is -0.124. The number of carbonyl (C=O) groups excluding carboxylic acids is 1. The number of para-hydroxylation sites is 1. The first kappa shape index (κ1) is 17.8. The molecule has 2 aromatic carbocycles. The molecule has 3 aromatic rings. The van der Waals surface area contributed by atoms with Gasteiger partial charge in [0, 0.05) is 5.39 Å². The van der Waals surface area contributed by atoms with Crippen LogP contribution in [0.2, 0.25) is 0 Å². The molecule has 1 amide bonds. The molecule has 2 N–H and O–H groups in total. The van der Waals surface area contributed by atoms with Crippen LogP contribution in [0, 0.1) is 0 Å². The minimum Gasteiger partial charge on any atom is -0.497 e. The molecule has 6 heteroatoms. The highest BCUT2D eigenvalue weighted by Gasteiger charge is 2.28. The van der Waals surface area contributed by atoms with E-state index in [4.69, 9.17) is 13.9 Å². The number of benzene rings is 2. The van der Waals surface area contributed by atoms with E-state index in [1.165, 1.54) is 0 Å². The fraction of sp³-hybridized carbons (Fsp3) is 0.250. The van der Waals surface area contributed by atoms with E-state index in [0.717, 1.165) is 5.39 Å². The van der Waals surface area contributed by atoms with Crippen LogP contribution >= 0.6 is 0 Å². The molecular weight excluding hydrogens is 334 g/mol. The van der Waals surface area contributed by atoms with Crippen molar-refractivity contribution in [2.45, 2.75) is 12.5 Å². The highest BCUT2D eigenvalue weighted by Crippen LogP contribution is 2.27. The van der Waals surface area contributed by atoms with Crippen LogP contribution in [-0.4, -0.2) is 31.3 Å². The molecule has 1 atom stereocenters. The Bertz CT molecular complexity index is 850. The van der Waals surface area contributed by atoms with Crippen molar-refractivity contribution in [1.29, 1.82) is 0 Å². The molecule has 1 unspecified atom stereocenters. The van der Waals surface area contributed by atoms with Gasteiger partial charge < -0.3 is 24.3 Å². The van der Waals surface area contributed by atoms with E-state index in [0.29, 0.717) is 22.8 Å². The van der Waals surface area contributed by atoms with Gasteiger partial charge in [-0.15, -0.1) is 0 Å². The number of hydrogen-bond acceptors (Lipinski definition) is 5. The Morgan fingerprint density at radius 2 is 1.85 bits per heavy atom. The molecule has 0 bridgehead atoms. The molecule has 0 aliphatic heterocycles. The van der Waals surface area contributed by atoms with Crippen LogP contribution in [0.15, 0.2) is 59.0 Å². The molecule has 26 heavy (non-hydrogen) atoms. The van der Waals surface area contributed by atoms with Crippen LogP contribution in [0.1, 0.15) is 12.7 Å². The number of methoxy groups -OCH3 is 1. The van der Waals surface area contributed by atoms with Crippen molar-refractivity contribution in [1.82, 2.24) is 5.32 Å². The van der Waals surface area contributed by atoms with Crippen LogP contribution < -0.4 is 14.8 Å². The molecule has 0 saturated heterocycles. The van der Waals surface area contributed by atoms with Crippen molar-refractivity contribution < 1.29 is 23.8 Å². The van der Waals surface area contributed by atoms with Crippen molar-refractivity contribution in [2.75, 3.05) is 20.3 Å². The molecule has 1 heterocycles. The van der Waals surface area contributed by atoms with Crippen molar-refractivity contribution in [3.63, 3.8) is 0 Å². The van der Waals surface area contributed by atoms with Gasteiger partial charge >= 0.3 is 0 Å². The van der Waals surface area contributed by atoms with E-state index in [-0.39, 0.29) is 19.1 Å². The minimum absolute atomic E-state index is 0.0115. The summed E-state index contributed by atoms with van der Waals surface area (Å²) in [4.78, 5) is 12.0. The number of nitrogens with one attached hydrogen (secondary N) is 1. The van der Waals surface area contributed by atoms with Crippen molar-refractivity contribution in [2.24, 2.45) is 0 Å². The third kappa shape index (κ3) is 4.15. The highest BCUT2D eigenvalue weighted by atomic mass is 16.5. The molecule has 0 radical (unpaired) electrons. The summed E-state index contributed by atoms with van der Waals surface area (Å²) in [6.45, 7) is 1.45. The Balaban J connectivity index is 1.53. The van der Waals surface area contributed by atoms with E-state index >= 15 is 0 Å². The first-order chi connectivity index (χ1) is 12.5. The van der Waals surface area contributed by atoms with Crippen LogP contribution in [0.3, 0.4) is 0 Å². The van der Waals surface area contributed by atoms with Crippen LogP contribution in [-0.2, 0) is 10.4 Å². The number of carbonyl (C=O) groups is 1. The van der Waals surface area contributed by atoms with E-state index in [2.05, 4.69) is 5.32 Å². The fourth-order valence-electron chi connectivity index (χ4n) is 2.48. The lowest BCUT2D eigenvalue weighted by atomic mass is 10.0. The van der Waals surface area contributed by atoms with Gasteiger partial charge in [-0.25, -0.2) is 0 Å². The SMILES string of the molecule is COc1ccc(OCC(=O)NCC(C)(O)c2cc3ccccc3o2)cc1. The number of amides is 1. The van der Waals surface area contributed by atoms with Gasteiger partial charge in [0.05, 0.1) is 13.7 Å². The zero-order valence-electron chi connectivity index (χ0n) is 14.7. The van der Waals surface area contributed by atoms with Gasteiger partial charge in [0.2, 0.25) is 0 Å². The summed E-state index contributed by atoms with van der Waals surface area (Å²) >= 11 is 0. The maximum atomic E-state index is 12.0. The number of rotatable bonds is 7. The lowest BCUT2D eigenvalue weighted by Crippen LogP contribution is -2.40. The molecule has 136 valence electrons. The van der Waals surface area contributed by atoms with Gasteiger partial charge in [-0.2, -0.15) is 0 Å². The highest BCUT2D eigenvalue weighted by molar-refractivity contribution is 5.78.